The highest BCUT2D eigenvalue weighted by Crippen LogP contribution is 2.55. The van der Waals surface area contributed by atoms with Crippen LogP contribution in [0.15, 0.2) is 255 Å². The summed E-state index contributed by atoms with van der Waals surface area (Å²) in [6.07, 6.45) is 0. The van der Waals surface area contributed by atoms with Crippen molar-refractivity contribution in [2.45, 2.75) is 0 Å². The number of aromatic nitrogens is 6. The first-order chi connectivity index (χ1) is 44.6. The molecule has 0 fully saturated rings. The average Bonchev–Trinajstić information content (AvgIpc) is 1.53. The smallest absolute Gasteiger partial charge is 0.235 e. The van der Waals surface area contributed by atoms with Crippen LogP contribution < -0.4 is 9.47 Å². The molecule has 4 aromatic heterocycles. The van der Waals surface area contributed by atoms with E-state index in [1.54, 1.807) is 0 Å². The zero-order valence-corrected chi connectivity index (χ0v) is 47.7. The first-order valence-corrected chi connectivity index (χ1v) is 30.6. The molecule has 0 saturated carbocycles. The van der Waals surface area contributed by atoms with Crippen LogP contribution in [0.2, 0.25) is 0 Å². The second kappa shape index (κ2) is 16.8. The average molecular weight is 1140 g/mol. The van der Waals surface area contributed by atoms with Gasteiger partial charge >= 0.3 is 0 Å². The number of fused-ring (bicyclic) bond motifs is 25. The Hall–Kier alpha value is -12.3. The highest BCUT2D eigenvalue weighted by molar-refractivity contribution is 6.40. The van der Waals surface area contributed by atoms with E-state index in [0.717, 1.165) is 117 Å². The minimum Gasteiger partial charge on any atom is -0.456 e. The molecule has 0 N–H and O–H groups in total. The molecule has 22 rings (SSSR count). The molecular formula is C82H42N6O2. The molecule has 8 heteroatoms. The molecule has 0 amide bonds. The lowest BCUT2D eigenvalue weighted by atomic mass is 9.90. The lowest BCUT2D eigenvalue weighted by Gasteiger charge is -2.21. The quantitative estimate of drug-likeness (QED) is 0.164. The van der Waals surface area contributed by atoms with Crippen molar-refractivity contribution in [3.8, 4) is 90.8 Å². The molecular weight excluding hydrogens is 1100 g/mol. The van der Waals surface area contributed by atoms with Gasteiger partial charge in [-0.1, -0.05) is 182 Å². The third-order valence-electron chi connectivity index (χ3n) is 19.8. The van der Waals surface area contributed by atoms with Crippen molar-refractivity contribution in [3.63, 3.8) is 0 Å². The minimum absolute atomic E-state index is 0.610. The Morgan fingerprint density at radius 2 is 0.744 bits per heavy atom. The summed E-state index contributed by atoms with van der Waals surface area (Å²) in [4.78, 5) is 22.1. The van der Waals surface area contributed by atoms with Crippen molar-refractivity contribution in [2.24, 2.45) is 0 Å². The predicted octanol–water partition coefficient (Wildman–Crippen LogP) is 21.5. The summed E-state index contributed by atoms with van der Waals surface area (Å²) in [5.74, 6) is 4.33. The molecule has 0 unspecified atom stereocenters. The summed E-state index contributed by atoms with van der Waals surface area (Å²) in [6, 6.07) is 92.1. The molecule has 0 saturated heterocycles. The van der Waals surface area contributed by atoms with E-state index in [9.17, 15) is 0 Å². The summed E-state index contributed by atoms with van der Waals surface area (Å²) in [5, 5.41) is 20.9. The van der Waals surface area contributed by atoms with Gasteiger partial charge < -0.3 is 9.47 Å². The van der Waals surface area contributed by atoms with Crippen LogP contribution in [0.4, 0.5) is 0 Å². The molecule has 19 aromatic rings. The molecule has 0 atom stereocenters. The van der Waals surface area contributed by atoms with Gasteiger partial charge in [0.1, 0.15) is 23.0 Å². The number of hydrogen-bond donors (Lipinski definition) is 0. The van der Waals surface area contributed by atoms with Gasteiger partial charge in [0, 0.05) is 38.1 Å². The van der Waals surface area contributed by atoms with Crippen LogP contribution in [0.25, 0.3) is 198 Å². The second-order valence-corrected chi connectivity index (χ2v) is 24.2. The number of rotatable bonds is 3. The second-order valence-electron chi connectivity index (χ2n) is 24.2. The number of nitrogens with zero attached hydrogens (tertiary/aromatic N) is 6. The molecule has 90 heavy (non-hydrogen) atoms. The van der Waals surface area contributed by atoms with Crippen molar-refractivity contribution in [1.29, 1.82) is 0 Å². The first kappa shape index (κ1) is 47.0. The molecule has 3 aliphatic rings. The molecule has 0 spiro atoms. The van der Waals surface area contributed by atoms with Crippen LogP contribution in [0, 0.1) is 0 Å². The van der Waals surface area contributed by atoms with Gasteiger partial charge in [-0.05, 0) is 165 Å². The zero-order chi connectivity index (χ0) is 58.2. The fourth-order valence-corrected chi connectivity index (χ4v) is 16.1. The minimum atomic E-state index is 0.610. The monoisotopic (exact) mass is 1140 g/mol. The van der Waals surface area contributed by atoms with Crippen LogP contribution in [0.5, 0.6) is 23.0 Å². The van der Waals surface area contributed by atoms with Gasteiger partial charge in [0.2, 0.25) is 11.9 Å². The fraction of sp³-hybridized carbons (Fsp3) is 0. The van der Waals surface area contributed by atoms with Gasteiger partial charge in [0.25, 0.3) is 0 Å². The van der Waals surface area contributed by atoms with Crippen LogP contribution in [-0.2, 0) is 0 Å². The van der Waals surface area contributed by atoms with Crippen LogP contribution in [-0.4, -0.2) is 29.1 Å². The lowest BCUT2D eigenvalue weighted by Crippen LogP contribution is -2.06. The van der Waals surface area contributed by atoms with E-state index in [1.807, 2.05) is 48.5 Å². The van der Waals surface area contributed by atoms with Crippen LogP contribution >= 0.6 is 0 Å². The summed E-state index contributed by atoms with van der Waals surface area (Å²) in [5.41, 5.74) is 16.7. The molecule has 6 heterocycles. The number of hydrogen-bond acceptors (Lipinski definition) is 6. The normalized spacial score (nSPS) is 12.8. The third kappa shape index (κ3) is 5.95. The fourth-order valence-electron chi connectivity index (χ4n) is 16.1. The van der Waals surface area contributed by atoms with Crippen molar-refractivity contribution >= 4 is 130 Å². The summed E-state index contributed by atoms with van der Waals surface area (Å²) < 4.78 is 17.6. The van der Waals surface area contributed by atoms with Gasteiger partial charge in [-0.2, -0.15) is 0 Å². The van der Waals surface area contributed by atoms with Crippen molar-refractivity contribution < 1.29 is 9.47 Å². The Labute approximate surface area is 511 Å². The molecule has 15 aromatic carbocycles. The molecule has 0 bridgehead atoms. The highest BCUT2D eigenvalue weighted by atomic mass is 16.5. The summed E-state index contributed by atoms with van der Waals surface area (Å²) >= 11 is 0. The summed E-state index contributed by atoms with van der Waals surface area (Å²) in [7, 11) is 0. The van der Waals surface area contributed by atoms with Crippen LogP contribution in [0.3, 0.4) is 0 Å². The van der Waals surface area contributed by atoms with Gasteiger partial charge in [0.15, 0.2) is 0 Å². The Morgan fingerprint density at radius 1 is 0.244 bits per heavy atom. The number of para-hydroxylation sites is 2. The Morgan fingerprint density at radius 3 is 1.48 bits per heavy atom. The zero-order valence-electron chi connectivity index (χ0n) is 47.7. The predicted molar refractivity (Wildman–Crippen MR) is 367 cm³/mol. The Bertz CT molecular complexity index is 6610. The first-order valence-electron chi connectivity index (χ1n) is 30.6. The maximum Gasteiger partial charge on any atom is 0.235 e. The topological polar surface area (TPSA) is 79.9 Å². The number of benzene rings is 15. The van der Waals surface area contributed by atoms with Crippen molar-refractivity contribution in [1.82, 2.24) is 29.1 Å². The van der Waals surface area contributed by atoms with Gasteiger partial charge in [0.05, 0.1) is 55.3 Å². The Balaban J connectivity index is 0.793. The van der Waals surface area contributed by atoms with Crippen molar-refractivity contribution in [3.05, 3.63) is 255 Å². The molecule has 412 valence electrons. The van der Waals surface area contributed by atoms with Gasteiger partial charge in [-0.3, -0.25) is 9.13 Å². The lowest BCUT2D eigenvalue weighted by molar-refractivity contribution is 0.486. The van der Waals surface area contributed by atoms with Crippen molar-refractivity contribution in [2.75, 3.05) is 0 Å². The Kier molecular flexibility index (Phi) is 8.78. The van der Waals surface area contributed by atoms with E-state index >= 15 is 0 Å². The largest absolute Gasteiger partial charge is 0.456 e. The third-order valence-corrected chi connectivity index (χ3v) is 19.8. The van der Waals surface area contributed by atoms with E-state index in [1.165, 1.54) is 92.3 Å². The van der Waals surface area contributed by atoms with E-state index in [2.05, 4.69) is 215 Å². The highest BCUT2D eigenvalue weighted by Gasteiger charge is 2.32. The SMILES string of the molecule is c1ccc2c(c1)Oc1cccc3nc(-n4c5ccc6ccccc6c5c5c6cccc7c6c(cc54)-c4ccc(-c5cccc6c5ccc5c6c6c8ccc9ccccc9c8c8ccccc8c6n5-c5nc6c8c(cccc8n5)Oc5ccccc5-6)cc4-7)nc-2c13. The van der Waals surface area contributed by atoms with E-state index in [-0.39, 0.29) is 0 Å². The van der Waals surface area contributed by atoms with E-state index < -0.39 is 0 Å². The maximum atomic E-state index is 6.51. The number of ether oxygens (including phenoxy) is 2. The molecule has 1 aliphatic carbocycles. The standard InChI is InChI=1S/C82H42N6O2/c1-3-17-47-43(15-1)33-37-58-70(47)52-19-5-6-20-54(52)80-75(58)73-51-24-11-23-46(49(51)38-40-64(73)88(80)82-84-62-28-14-32-69-77(62)79(86-82)56-22-8-10-30-67(56)90-69)45-34-36-50-59(41-45)53-25-12-26-57-71(53)60(50)42-65-74(57)72-48-18-4-2-16-44(48)35-39-63(72)87(65)81-83-61-27-13-31-68-76(61)78(85-81)55-21-7-9-29-66(55)89-68/h1-42H. The van der Waals surface area contributed by atoms with E-state index in [0.29, 0.717) is 11.9 Å². The van der Waals surface area contributed by atoms with Gasteiger partial charge in [-0.25, -0.2) is 19.9 Å². The van der Waals surface area contributed by atoms with E-state index in [4.69, 9.17) is 29.4 Å². The summed E-state index contributed by atoms with van der Waals surface area (Å²) in [6.45, 7) is 0. The molecule has 0 radical (unpaired) electrons. The van der Waals surface area contributed by atoms with Gasteiger partial charge in [-0.15, -0.1) is 0 Å². The van der Waals surface area contributed by atoms with Crippen LogP contribution in [0.1, 0.15) is 0 Å². The molecule has 8 nitrogen and oxygen atoms in total. The molecule has 2 aliphatic heterocycles. The maximum absolute atomic E-state index is 6.51.